The van der Waals surface area contributed by atoms with Crippen molar-refractivity contribution in [1.29, 1.82) is 0 Å². The Morgan fingerprint density at radius 3 is 2.47 bits per heavy atom. The first-order valence-corrected chi connectivity index (χ1v) is 11.3. The van der Waals surface area contributed by atoms with E-state index in [0.29, 0.717) is 19.8 Å². The number of hydrogen-bond acceptors (Lipinski definition) is 4. The maximum atomic E-state index is 12.6. The molecule has 30 heavy (non-hydrogen) atoms. The fourth-order valence-electron chi connectivity index (χ4n) is 3.96. The molecule has 0 aliphatic carbocycles. The lowest BCUT2D eigenvalue weighted by Gasteiger charge is -2.25. The number of urea groups is 1. The first-order valence-electron chi connectivity index (χ1n) is 10.6. The number of amides is 2. The van der Waals surface area contributed by atoms with Crippen molar-refractivity contribution in [3.63, 3.8) is 0 Å². The van der Waals surface area contributed by atoms with Crippen LogP contribution in [0, 0.1) is 0 Å². The third kappa shape index (κ3) is 5.89. The molecule has 1 saturated heterocycles. The van der Waals surface area contributed by atoms with Crippen LogP contribution in [0.4, 0.5) is 4.79 Å². The third-order valence-corrected chi connectivity index (χ3v) is 6.00. The molecule has 2 N–H and O–H groups in total. The molecular weight excluding hydrogens is 446 g/mol. The van der Waals surface area contributed by atoms with E-state index in [-0.39, 0.29) is 12.1 Å². The summed E-state index contributed by atoms with van der Waals surface area (Å²) in [7, 11) is 0. The van der Waals surface area contributed by atoms with Gasteiger partial charge in [-0.3, -0.25) is 0 Å². The summed E-state index contributed by atoms with van der Waals surface area (Å²) in [4.78, 5) is 15.0. The Kier molecular flexibility index (Phi) is 7.12. The van der Waals surface area contributed by atoms with Crippen molar-refractivity contribution >= 4 is 22.0 Å². The van der Waals surface area contributed by atoms with E-state index in [1.54, 1.807) is 0 Å². The second-order valence-electron chi connectivity index (χ2n) is 7.84. The van der Waals surface area contributed by atoms with Gasteiger partial charge in [0.25, 0.3) is 0 Å². The molecule has 2 aromatic rings. The molecule has 0 saturated carbocycles. The summed E-state index contributed by atoms with van der Waals surface area (Å²) in [6, 6.07) is 13.9. The number of halogens is 1. The zero-order chi connectivity index (χ0) is 20.8. The van der Waals surface area contributed by atoms with Crippen molar-refractivity contribution < 1.29 is 14.3 Å². The van der Waals surface area contributed by atoms with Gasteiger partial charge in [0.05, 0.1) is 0 Å². The lowest BCUT2D eigenvalue weighted by molar-refractivity contribution is 0.171. The molecule has 1 fully saturated rings. The fourth-order valence-corrected chi connectivity index (χ4v) is 4.22. The van der Waals surface area contributed by atoms with Crippen LogP contribution in [-0.2, 0) is 13.0 Å². The number of carbonyl (C=O) groups is 1. The fraction of sp³-hybridized carbons (Fsp3) is 0.435. The van der Waals surface area contributed by atoms with E-state index in [4.69, 9.17) is 9.47 Å². The van der Waals surface area contributed by atoms with Crippen molar-refractivity contribution in [3.8, 4) is 11.5 Å². The lowest BCUT2D eigenvalue weighted by atomic mass is 10.0. The highest BCUT2D eigenvalue weighted by atomic mass is 79.9. The summed E-state index contributed by atoms with van der Waals surface area (Å²) in [5.41, 5.74) is 2.20. The Labute approximate surface area is 186 Å². The summed E-state index contributed by atoms with van der Waals surface area (Å²) in [6.07, 6.45) is 3.21. The first-order chi connectivity index (χ1) is 14.7. The van der Waals surface area contributed by atoms with Gasteiger partial charge >= 0.3 is 6.03 Å². The van der Waals surface area contributed by atoms with Gasteiger partial charge in [0.2, 0.25) is 0 Å². The quantitative estimate of drug-likeness (QED) is 0.642. The van der Waals surface area contributed by atoms with Crippen molar-refractivity contribution in [2.24, 2.45) is 0 Å². The van der Waals surface area contributed by atoms with Crippen LogP contribution >= 0.6 is 15.9 Å². The SMILES string of the molecule is O=C(NCc1ccc(Br)cc1)NC(Cc1ccc2c(c1)OCCO2)CN1CCCC1. The van der Waals surface area contributed by atoms with Gasteiger partial charge in [0, 0.05) is 23.6 Å². The maximum absolute atomic E-state index is 12.6. The largest absolute Gasteiger partial charge is 0.486 e. The molecule has 1 unspecified atom stereocenters. The maximum Gasteiger partial charge on any atom is 0.315 e. The second-order valence-corrected chi connectivity index (χ2v) is 8.76. The minimum atomic E-state index is -0.139. The van der Waals surface area contributed by atoms with Crippen LogP contribution in [0.1, 0.15) is 24.0 Å². The van der Waals surface area contributed by atoms with Gasteiger partial charge in [-0.25, -0.2) is 4.79 Å². The number of hydrogen-bond donors (Lipinski definition) is 2. The Hall–Kier alpha value is -2.25. The van der Waals surface area contributed by atoms with Gasteiger partial charge in [-0.1, -0.05) is 34.1 Å². The van der Waals surface area contributed by atoms with Crippen molar-refractivity contribution in [1.82, 2.24) is 15.5 Å². The molecule has 2 amide bonds. The van der Waals surface area contributed by atoms with E-state index in [9.17, 15) is 4.79 Å². The van der Waals surface area contributed by atoms with E-state index in [2.05, 4.69) is 37.5 Å². The number of ether oxygens (including phenoxy) is 2. The van der Waals surface area contributed by atoms with Crippen LogP contribution in [0.2, 0.25) is 0 Å². The Bertz CT molecular complexity index is 853. The molecule has 2 aliphatic rings. The predicted octanol–water partition coefficient (Wildman–Crippen LogP) is 3.73. The predicted molar refractivity (Wildman–Crippen MR) is 120 cm³/mol. The molecule has 7 heteroatoms. The smallest absolute Gasteiger partial charge is 0.315 e. The van der Waals surface area contributed by atoms with Crippen LogP contribution in [0.15, 0.2) is 46.9 Å². The molecule has 0 bridgehead atoms. The molecule has 2 aromatic carbocycles. The average Bonchev–Trinajstić information content (AvgIpc) is 3.26. The zero-order valence-corrected chi connectivity index (χ0v) is 18.6. The molecule has 160 valence electrons. The normalized spacial score (nSPS) is 16.8. The van der Waals surface area contributed by atoms with Crippen LogP contribution in [0.25, 0.3) is 0 Å². The van der Waals surface area contributed by atoms with E-state index >= 15 is 0 Å². The average molecular weight is 474 g/mol. The molecule has 1 atom stereocenters. The minimum absolute atomic E-state index is 0.0237. The van der Waals surface area contributed by atoms with Gasteiger partial charge in [0.15, 0.2) is 11.5 Å². The van der Waals surface area contributed by atoms with Gasteiger partial charge in [-0.15, -0.1) is 0 Å². The highest BCUT2D eigenvalue weighted by Crippen LogP contribution is 2.31. The number of rotatable bonds is 7. The van der Waals surface area contributed by atoms with E-state index in [0.717, 1.165) is 53.2 Å². The monoisotopic (exact) mass is 473 g/mol. The third-order valence-electron chi connectivity index (χ3n) is 5.47. The Morgan fingerprint density at radius 1 is 1.00 bits per heavy atom. The summed E-state index contributed by atoms with van der Waals surface area (Å²) >= 11 is 3.43. The van der Waals surface area contributed by atoms with E-state index in [1.807, 2.05) is 36.4 Å². The zero-order valence-electron chi connectivity index (χ0n) is 17.0. The van der Waals surface area contributed by atoms with Crippen LogP contribution in [0.5, 0.6) is 11.5 Å². The van der Waals surface area contributed by atoms with E-state index < -0.39 is 0 Å². The number of nitrogens with one attached hydrogen (secondary N) is 2. The summed E-state index contributed by atoms with van der Waals surface area (Å²) < 4.78 is 12.4. The molecule has 2 aliphatic heterocycles. The summed E-state index contributed by atoms with van der Waals surface area (Å²) in [5, 5.41) is 6.16. The van der Waals surface area contributed by atoms with Crippen LogP contribution in [-0.4, -0.2) is 49.8 Å². The van der Waals surface area contributed by atoms with Gasteiger partial charge in [0.1, 0.15) is 13.2 Å². The van der Waals surface area contributed by atoms with E-state index in [1.165, 1.54) is 12.8 Å². The van der Waals surface area contributed by atoms with Crippen LogP contribution in [0.3, 0.4) is 0 Å². The second kappa shape index (κ2) is 10.2. The summed E-state index contributed by atoms with van der Waals surface area (Å²) in [6.45, 7) is 4.70. The molecule has 0 aromatic heterocycles. The van der Waals surface area contributed by atoms with Crippen molar-refractivity contribution in [2.75, 3.05) is 32.8 Å². The van der Waals surface area contributed by atoms with Gasteiger partial charge in [-0.2, -0.15) is 0 Å². The standard InChI is InChI=1S/C23H28BrN3O3/c24-19-6-3-17(4-7-19)15-25-23(28)26-20(16-27-9-1-2-10-27)13-18-5-8-21-22(14-18)30-12-11-29-21/h3-8,14,20H,1-2,9-13,15-16H2,(H2,25,26,28). The molecule has 6 nitrogen and oxygen atoms in total. The number of benzene rings is 2. The van der Waals surface area contributed by atoms with Crippen LogP contribution < -0.4 is 20.1 Å². The van der Waals surface area contributed by atoms with Crippen molar-refractivity contribution in [3.05, 3.63) is 58.1 Å². The molecule has 0 radical (unpaired) electrons. The van der Waals surface area contributed by atoms with Gasteiger partial charge < -0.3 is 25.0 Å². The molecule has 2 heterocycles. The molecule has 4 rings (SSSR count). The lowest BCUT2D eigenvalue weighted by Crippen LogP contribution is -2.48. The molecule has 0 spiro atoms. The topological polar surface area (TPSA) is 62.8 Å². The Morgan fingerprint density at radius 2 is 1.70 bits per heavy atom. The first kappa shape index (κ1) is 21.0. The number of fused-ring (bicyclic) bond motifs is 1. The minimum Gasteiger partial charge on any atom is -0.486 e. The van der Waals surface area contributed by atoms with Gasteiger partial charge in [-0.05, 0) is 67.7 Å². The summed E-state index contributed by atoms with van der Waals surface area (Å²) in [5.74, 6) is 1.58. The number of carbonyl (C=O) groups excluding carboxylic acids is 1. The van der Waals surface area contributed by atoms with Crippen molar-refractivity contribution in [2.45, 2.75) is 31.8 Å². The highest BCUT2D eigenvalue weighted by Gasteiger charge is 2.21. The number of likely N-dealkylation sites (tertiary alicyclic amines) is 1. The number of nitrogens with zero attached hydrogens (tertiary/aromatic N) is 1. The highest BCUT2D eigenvalue weighted by molar-refractivity contribution is 9.10. The Balaban J connectivity index is 1.37. The molecular formula is C23H28BrN3O3.